The number of benzene rings is 2. The SMILES string of the molecule is C#CCOc1c(CC=C)cc(CNNc2ccccc2)cc1OCC. The minimum Gasteiger partial charge on any atom is -0.490 e. The molecule has 2 aromatic carbocycles. The van der Waals surface area contributed by atoms with Crippen molar-refractivity contribution in [1.29, 1.82) is 0 Å². The molecule has 0 aromatic heterocycles. The molecule has 2 N–H and O–H groups in total. The van der Waals surface area contributed by atoms with Gasteiger partial charge in [0, 0.05) is 17.8 Å². The van der Waals surface area contributed by atoms with Gasteiger partial charge in [-0.05, 0) is 37.1 Å². The summed E-state index contributed by atoms with van der Waals surface area (Å²) in [6, 6.07) is 14.0. The molecule has 0 saturated carbocycles. The second kappa shape index (κ2) is 10.1. The summed E-state index contributed by atoms with van der Waals surface area (Å²) < 4.78 is 11.5. The number of terminal acetylenes is 1. The second-order valence-corrected chi connectivity index (χ2v) is 5.35. The van der Waals surface area contributed by atoms with Gasteiger partial charge >= 0.3 is 0 Å². The van der Waals surface area contributed by atoms with Crippen molar-refractivity contribution >= 4 is 5.69 Å². The van der Waals surface area contributed by atoms with Crippen molar-refractivity contribution in [2.45, 2.75) is 19.9 Å². The first-order valence-corrected chi connectivity index (χ1v) is 8.28. The highest BCUT2D eigenvalue weighted by Crippen LogP contribution is 2.34. The number of ether oxygens (including phenoxy) is 2. The van der Waals surface area contributed by atoms with E-state index in [-0.39, 0.29) is 6.61 Å². The van der Waals surface area contributed by atoms with Crippen molar-refractivity contribution in [3.8, 4) is 23.8 Å². The normalized spacial score (nSPS) is 9.92. The van der Waals surface area contributed by atoms with Crippen LogP contribution in [0.3, 0.4) is 0 Å². The van der Waals surface area contributed by atoms with Crippen LogP contribution in [-0.2, 0) is 13.0 Å². The fourth-order valence-electron chi connectivity index (χ4n) is 2.44. The molecule has 0 aliphatic carbocycles. The Kier molecular flexibility index (Phi) is 7.42. The first-order valence-electron chi connectivity index (χ1n) is 8.28. The summed E-state index contributed by atoms with van der Waals surface area (Å²) in [6.07, 6.45) is 7.84. The molecule has 0 fully saturated rings. The summed E-state index contributed by atoms with van der Waals surface area (Å²) in [6.45, 7) is 7.16. The van der Waals surface area contributed by atoms with Crippen LogP contribution < -0.4 is 20.3 Å². The van der Waals surface area contributed by atoms with Gasteiger partial charge in [0.05, 0.1) is 6.61 Å². The molecular weight excluding hydrogens is 312 g/mol. The zero-order valence-corrected chi connectivity index (χ0v) is 14.5. The van der Waals surface area contributed by atoms with Gasteiger partial charge in [-0.3, -0.25) is 0 Å². The lowest BCUT2D eigenvalue weighted by atomic mass is 10.1. The number of hydrogen-bond acceptors (Lipinski definition) is 4. The maximum absolute atomic E-state index is 5.75. The third kappa shape index (κ3) is 5.59. The average molecular weight is 336 g/mol. The molecule has 130 valence electrons. The van der Waals surface area contributed by atoms with Gasteiger partial charge in [-0.2, -0.15) is 0 Å². The molecule has 2 rings (SSSR count). The van der Waals surface area contributed by atoms with Crippen LogP contribution in [0.5, 0.6) is 11.5 Å². The van der Waals surface area contributed by atoms with E-state index in [1.165, 1.54) is 0 Å². The van der Waals surface area contributed by atoms with E-state index >= 15 is 0 Å². The molecule has 0 spiro atoms. The fourth-order valence-corrected chi connectivity index (χ4v) is 2.44. The minimum atomic E-state index is 0.206. The van der Waals surface area contributed by atoms with Crippen LogP contribution in [0.2, 0.25) is 0 Å². The van der Waals surface area contributed by atoms with Gasteiger partial charge in [-0.1, -0.05) is 36.3 Å². The first kappa shape index (κ1) is 18.4. The van der Waals surface area contributed by atoms with Crippen molar-refractivity contribution in [3.63, 3.8) is 0 Å². The smallest absolute Gasteiger partial charge is 0.166 e. The molecule has 0 radical (unpaired) electrons. The van der Waals surface area contributed by atoms with Crippen molar-refractivity contribution in [1.82, 2.24) is 5.43 Å². The number of nitrogens with one attached hydrogen (secondary N) is 2. The van der Waals surface area contributed by atoms with E-state index in [1.54, 1.807) is 0 Å². The monoisotopic (exact) mass is 336 g/mol. The van der Waals surface area contributed by atoms with Gasteiger partial charge in [0.1, 0.15) is 6.61 Å². The molecule has 0 bridgehead atoms. The van der Waals surface area contributed by atoms with Gasteiger partial charge in [-0.25, -0.2) is 5.43 Å². The third-order valence-corrected chi connectivity index (χ3v) is 3.45. The molecule has 25 heavy (non-hydrogen) atoms. The predicted molar refractivity (Wildman–Crippen MR) is 103 cm³/mol. The molecule has 0 aliphatic rings. The Labute approximate surface area is 149 Å². The van der Waals surface area contributed by atoms with Crippen molar-refractivity contribution in [2.24, 2.45) is 0 Å². The summed E-state index contributed by atoms with van der Waals surface area (Å²) in [4.78, 5) is 0. The van der Waals surface area contributed by atoms with E-state index in [2.05, 4.69) is 29.4 Å². The van der Waals surface area contributed by atoms with Gasteiger partial charge < -0.3 is 14.9 Å². The topological polar surface area (TPSA) is 42.5 Å². The van der Waals surface area contributed by atoms with Gasteiger partial charge in [0.25, 0.3) is 0 Å². The molecule has 0 unspecified atom stereocenters. The van der Waals surface area contributed by atoms with Crippen molar-refractivity contribution < 1.29 is 9.47 Å². The van der Waals surface area contributed by atoms with E-state index in [4.69, 9.17) is 15.9 Å². The summed E-state index contributed by atoms with van der Waals surface area (Å²) in [5.41, 5.74) is 9.49. The maximum atomic E-state index is 5.75. The standard InChI is InChI=1S/C21H24N2O2/c1-4-10-18-14-17(16-22-23-19-11-8-7-9-12-19)15-20(24-6-3)21(18)25-13-5-2/h2,4,7-9,11-12,14-15,22-23H,1,6,10,13,16H2,3H3. The lowest BCUT2D eigenvalue weighted by molar-refractivity contribution is 0.297. The van der Waals surface area contributed by atoms with E-state index in [9.17, 15) is 0 Å². The number of hydrogen-bond donors (Lipinski definition) is 2. The van der Waals surface area contributed by atoms with Crippen LogP contribution in [0.25, 0.3) is 0 Å². The van der Waals surface area contributed by atoms with E-state index in [0.29, 0.717) is 31.1 Å². The summed E-state index contributed by atoms with van der Waals surface area (Å²) in [5, 5.41) is 0. The highest BCUT2D eigenvalue weighted by Gasteiger charge is 2.13. The number of allylic oxidation sites excluding steroid dienone is 1. The Bertz CT molecular complexity index is 721. The van der Waals surface area contributed by atoms with E-state index in [0.717, 1.165) is 16.8 Å². The Hall–Kier alpha value is -2.90. The molecule has 0 amide bonds. The molecule has 4 nitrogen and oxygen atoms in total. The summed E-state index contributed by atoms with van der Waals surface area (Å²) in [5.74, 6) is 3.89. The van der Waals surface area contributed by atoms with Crippen molar-refractivity contribution in [2.75, 3.05) is 18.6 Å². The number of para-hydroxylation sites is 1. The largest absolute Gasteiger partial charge is 0.490 e. The van der Waals surface area contributed by atoms with Crippen LogP contribution in [0.15, 0.2) is 55.1 Å². The Balaban J connectivity index is 2.16. The quantitative estimate of drug-likeness (QED) is 0.392. The van der Waals surface area contributed by atoms with Gasteiger partial charge in [0.2, 0.25) is 0 Å². The summed E-state index contributed by atoms with van der Waals surface area (Å²) in [7, 11) is 0. The van der Waals surface area contributed by atoms with E-state index in [1.807, 2.05) is 49.4 Å². The zero-order valence-electron chi connectivity index (χ0n) is 14.5. The zero-order chi connectivity index (χ0) is 17.9. The van der Waals surface area contributed by atoms with Crippen LogP contribution in [0.4, 0.5) is 5.69 Å². The molecule has 0 heterocycles. The lowest BCUT2D eigenvalue weighted by Crippen LogP contribution is -2.21. The molecule has 0 atom stereocenters. The van der Waals surface area contributed by atoms with Crippen molar-refractivity contribution in [3.05, 3.63) is 66.2 Å². The molecule has 0 aliphatic heterocycles. The molecule has 2 aromatic rings. The van der Waals surface area contributed by atoms with Crippen LogP contribution in [0, 0.1) is 12.3 Å². The van der Waals surface area contributed by atoms with Crippen LogP contribution in [0.1, 0.15) is 18.1 Å². The second-order valence-electron chi connectivity index (χ2n) is 5.35. The lowest BCUT2D eigenvalue weighted by Gasteiger charge is -2.17. The number of hydrazine groups is 1. The molecule has 0 saturated heterocycles. The minimum absolute atomic E-state index is 0.206. The Morgan fingerprint density at radius 1 is 1.20 bits per heavy atom. The first-order chi connectivity index (χ1) is 12.3. The third-order valence-electron chi connectivity index (χ3n) is 3.45. The van der Waals surface area contributed by atoms with E-state index < -0.39 is 0 Å². The Morgan fingerprint density at radius 3 is 2.68 bits per heavy atom. The summed E-state index contributed by atoms with van der Waals surface area (Å²) >= 11 is 0. The maximum Gasteiger partial charge on any atom is 0.166 e. The average Bonchev–Trinajstić information content (AvgIpc) is 2.62. The number of rotatable bonds is 10. The molecule has 4 heteroatoms. The fraction of sp³-hybridized carbons (Fsp3) is 0.238. The predicted octanol–water partition coefficient (Wildman–Crippen LogP) is 3.94. The number of anilines is 1. The highest BCUT2D eigenvalue weighted by molar-refractivity contribution is 5.50. The van der Waals surface area contributed by atoms with Crippen LogP contribution in [-0.4, -0.2) is 13.2 Å². The Morgan fingerprint density at radius 2 is 2.00 bits per heavy atom. The highest BCUT2D eigenvalue weighted by atomic mass is 16.5. The molecular formula is C21H24N2O2. The van der Waals surface area contributed by atoms with Gasteiger partial charge in [-0.15, -0.1) is 13.0 Å². The van der Waals surface area contributed by atoms with Gasteiger partial charge in [0.15, 0.2) is 11.5 Å². The van der Waals surface area contributed by atoms with Crippen LogP contribution >= 0.6 is 0 Å².